The molecule has 9 rings (SSSR count). The Morgan fingerprint density at radius 1 is 0.625 bits per heavy atom. The molecule has 0 spiro atoms. The van der Waals surface area contributed by atoms with Gasteiger partial charge in [0, 0.05) is 22.4 Å². The minimum Gasteiger partial charge on any atom is -0.310 e. The minimum absolute atomic E-state index is 0.0888. The second kappa shape index (κ2) is 11.2. The van der Waals surface area contributed by atoms with Crippen molar-refractivity contribution in [2.24, 2.45) is 11.8 Å². The highest BCUT2D eigenvalue weighted by molar-refractivity contribution is 5.99. The van der Waals surface area contributed by atoms with Crippen LogP contribution in [0.4, 0.5) is 17.1 Å². The molecule has 0 aromatic heterocycles. The summed E-state index contributed by atoms with van der Waals surface area (Å²) >= 11 is 0. The van der Waals surface area contributed by atoms with E-state index in [4.69, 9.17) is 0 Å². The van der Waals surface area contributed by atoms with Crippen molar-refractivity contribution in [3.63, 3.8) is 0 Å². The van der Waals surface area contributed by atoms with Gasteiger partial charge in [0.1, 0.15) is 0 Å². The van der Waals surface area contributed by atoms with Crippen molar-refractivity contribution in [1.82, 2.24) is 0 Å². The van der Waals surface area contributed by atoms with Gasteiger partial charge in [-0.25, -0.2) is 0 Å². The number of benzene rings is 6. The van der Waals surface area contributed by atoms with Crippen molar-refractivity contribution in [3.8, 4) is 22.3 Å². The number of nitrogens with zero attached hydrogens (tertiary/aromatic N) is 1. The van der Waals surface area contributed by atoms with Crippen molar-refractivity contribution >= 4 is 27.8 Å². The van der Waals surface area contributed by atoms with Gasteiger partial charge in [-0.15, -0.1) is 0 Å². The predicted octanol–water partition coefficient (Wildman–Crippen LogP) is 13.3. The Kier molecular flexibility index (Phi) is 6.91. The third-order valence-electron chi connectivity index (χ3n) is 12.1. The minimum atomic E-state index is -0.0888. The molecule has 2 fully saturated rings. The van der Waals surface area contributed by atoms with Crippen LogP contribution in [-0.2, 0) is 5.41 Å². The first-order valence-electron chi connectivity index (χ1n) is 18.1. The molecule has 0 aliphatic heterocycles. The molecule has 1 heteroatoms. The van der Waals surface area contributed by atoms with Crippen molar-refractivity contribution < 1.29 is 0 Å². The second-order valence-corrected chi connectivity index (χ2v) is 15.6. The van der Waals surface area contributed by atoms with Gasteiger partial charge >= 0.3 is 0 Å². The van der Waals surface area contributed by atoms with Gasteiger partial charge in [0.05, 0.1) is 5.69 Å². The molecule has 6 aromatic carbocycles. The van der Waals surface area contributed by atoms with E-state index >= 15 is 0 Å². The molecule has 0 amide bonds. The monoisotopic (exact) mass is 623 g/mol. The Labute approximate surface area is 286 Å². The first-order chi connectivity index (χ1) is 23.4. The van der Waals surface area contributed by atoms with E-state index in [0.29, 0.717) is 5.92 Å². The van der Waals surface area contributed by atoms with Crippen LogP contribution in [0.25, 0.3) is 33.0 Å². The van der Waals surface area contributed by atoms with Crippen LogP contribution in [0, 0.1) is 11.8 Å². The highest BCUT2D eigenvalue weighted by Crippen LogP contribution is 2.55. The molecule has 0 radical (unpaired) electrons. The van der Waals surface area contributed by atoms with E-state index in [9.17, 15) is 0 Å². The first kappa shape index (κ1) is 29.5. The fourth-order valence-electron chi connectivity index (χ4n) is 9.64. The number of rotatable bonds is 6. The van der Waals surface area contributed by atoms with Crippen molar-refractivity contribution in [2.45, 2.75) is 70.6 Å². The Morgan fingerprint density at radius 3 is 2.06 bits per heavy atom. The molecule has 3 unspecified atom stereocenters. The van der Waals surface area contributed by atoms with Crippen molar-refractivity contribution in [1.29, 1.82) is 0 Å². The molecule has 2 bridgehead atoms. The van der Waals surface area contributed by atoms with Crippen LogP contribution in [0.15, 0.2) is 127 Å². The first-order valence-corrected chi connectivity index (χ1v) is 18.1. The molecule has 3 aliphatic carbocycles. The zero-order chi connectivity index (χ0) is 32.6. The van der Waals surface area contributed by atoms with E-state index in [0.717, 1.165) is 17.8 Å². The Balaban J connectivity index is 1.25. The van der Waals surface area contributed by atoms with E-state index in [2.05, 4.69) is 160 Å². The van der Waals surface area contributed by atoms with E-state index in [1.54, 1.807) is 0 Å². The molecule has 6 aromatic rings. The number of anilines is 3. The largest absolute Gasteiger partial charge is 0.310 e. The second-order valence-electron chi connectivity index (χ2n) is 15.6. The van der Waals surface area contributed by atoms with E-state index in [1.807, 2.05) is 0 Å². The standard InChI is InChI=1S/C47H45N/c1-30(2)39-15-10-16-43-46(39)40-24-23-38(29-44(40)47(43,3)4)48(37-21-19-33(20-22-37)41-26-31-17-18-36(41)25-31)45-28-35-14-9-8-13-34(35)27-42(45)32-11-6-5-7-12-32/h5-16,19-24,27-31,36,41H,17-18,25-26H2,1-4H3. The highest BCUT2D eigenvalue weighted by Gasteiger charge is 2.40. The van der Waals surface area contributed by atoms with Gasteiger partial charge in [-0.05, 0) is 129 Å². The van der Waals surface area contributed by atoms with Crippen molar-refractivity contribution in [2.75, 3.05) is 4.90 Å². The lowest BCUT2D eigenvalue weighted by molar-refractivity contribution is 0.420. The van der Waals surface area contributed by atoms with Crippen LogP contribution in [0.5, 0.6) is 0 Å². The lowest BCUT2D eigenvalue weighted by Crippen LogP contribution is -2.17. The Hall–Kier alpha value is -4.62. The van der Waals surface area contributed by atoms with E-state index < -0.39 is 0 Å². The zero-order valence-corrected chi connectivity index (χ0v) is 28.7. The van der Waals surface area contributed by atoms with Gasteiger partial charge in [-0.3, -0.25) is 0 Å². The van der Waals surface area contributed by atoms with E-state index in [-0.39, 0.29) is 5.41 Å². The summed E-state index contributed by atoms with van der Waals surface area (Å²) in [4.78, 5) is 2.53. The lowest BCUT2D eigenvalue weighted by atomic mass is 9.81. The molecule has 48 heavy (non-hydrogen) atoms. The fourth-order valence-corrected chi connectivity index (χ4v) is 9.64. The predicted molar refractivity (Wildman–Crippen MR) is 204 cm³/mol. The van der Waals surface area contributed by atoms with Crippen LogP contribution in [-0.4, -0.2) is 0 Å². The van der Waals surface area contributed by atoms with Gasteiger partial charge in [0.25, 0.3) is 0 Å². The average Bonchev–Trinajstić information content (AvgIpc) is 3.82. The summed E-state index contributed by atoms with van der Waals surface area (Å²) in [7, 11) is 0. The molecule has 0 heterocycles. The molecule has 0 saturated heterocycles. The molecule has 1 nitrogen and oxygen atoms in total. The van der Waals surface area contributed by atoms with Crippen LogP contribution in [0.2, 0.25) is 0 Å². The summed E-state index contributed by atoms with van der Waals surface area (Å²) in [5.41, 5.74) is 14.7. The van der Waals surface area contributed by atoms with Gasteiger partial charge in [-0.1, -0.05) is 125 Å². The van der Waals surface area contributed by atoms with Crippen LogP contribution in [0.3, 0.4) is 0 Å². The normalized spacial score (nSPS) is 20.3. The van der Waals surface area contributed by atoms with E-state index in [1.165, 1.54) is 98.0 Å². The topological polar surface area (TPSA) is 3.24 Å². The molecule has 0 N–H and O–H groups in total. The fraction of sp³-hybridized carbons (Fsp3) is 0.277. The molecule has 238 valence electrons. The number of hydrogen-bond acceptors (Lipinski definition) is 1. The average molecular weight is 624 g/mol. The third-order valence-corrected chi connectivity index (χ3v) is 12.1. The maximum atomic E-state index is 2.53. The summed E-state index contributed by atoms with van der Waals surface area (Å²) in [6.07, 6.45) is 5.65. The number of hydrogen-bond donors (Lipinski definition) is 0. The molecular weight excluding hydrogens is 579 g/mol. The molecular formula is C47H45N. The van der Waals surface area contributed by atoms with Gasteiger partial charge < -0.3 is 4.90 Å². The van der Waals surface area contributed by atoms with Crippen LogP contribution in [0.1, 0.15) is 87.5 Å². The summed E-state index contributed by atoms with van der Waals surface area (Å²) < 4.78 is 0. The Morgan fingerprint density at radius 2 is 1.35 bits per heavy atom. The van der Waals surface area contributed by atoms with Gasteiger partial charge in [-0.2, -0.15) is 0 Å². The lowest BCUT2D eigenvalue weighted by Gasteiger charge is -2.31. The van der Waals surface area contributed by atoms with Crippen molar-refractivity contribution in [3.05, 3.63) is 150 Å². The smallest absolute Gasteiger partial charge is 0.0546 e. The summed E-state index contributed by atoms with van der Waals surface area (Å²) in [5.74, 6) is 3.01. The van der Waals surface area contributed by atoms with Crippen LogP contribution < -0.4 is 4.90 Å². The van der Waals surface area contributed by atoms with Gasteiger partial charge in [0.2, 0.25) is 0 Å². The quantitative estimate of drug-likeness (QED) is 0.178. The van der Waals surface area contributed by atoms with Crippen LogP contribution >= 0.6 is 0 Å². The summed E-state index contributed by atoms with van der Waals surface area (Å²) in [6, 6.07) is 48.4. The maximum absolute atomic E-state index is 2.53. The maximum Gasteiger partial charge on any atom is 0.0546 e. The highest BCUT2D eigenvalue weighted by atomic mass is 15.1. The van der Waals surface area contributed by atoms with Gasteiger partial charge in [0.15, 0.2) is 0 Å². The SMILES string of the molecule is CC(C)c1cccc2c1-c1ccc(N(c3ccc(C4CC5CCC4C5)cc3)c3cc4ccccc4cc3-c3ccccc3)cc1C2(C)C. The molecule has 3 aliphatic rings. The third kappa shape index (κ3) is 4.66. The number of fused-ring (bicyclic) bond motifs is 6. The molecule has 2 saturated carbocycles. The Bertz CT molecular complexity index is 2150. The molecule has 3 atom stereocenters. The summed E-state index contributed by atoms with van der Waals surface area (Å²) in [6.45, 7) is 9.46. The zero-order valence-electron chi connectivity index (χ0n) is 28.7. The summed E-state index contributed by atoms with van der Waals surface area (Å²) in [5, 5.41) is 2.52.